The summed E-state index contributed by atoms with van der Waals surface area (Å²) in [6.45, 7) is 5.52. The topological polar surface area (TPSA) is 116 Å². The lowest BCUT2D eigenvalue weighted by Crippen LogP contribution is -2.16. The van der Waals surface area contributed by atoms with Gasteiger partial charge in [0.05, 0.1) is 34.0 Å². The van der Waals surface area contributed by atoms with Crippen LogP contribution in [0.1, 0.15) is 55.0 Å². The monoisotopic (exact) mass is 502 g/mol. The van der Waals surface area contributed by atoms with E-state index in [1.807, 2.05) is 74.5 Å². The third kappa shape index (κ3) is 4.78. The number of nitrogens with two attached hydrogens (primary N) is 1. The summed E-state index contributed by atoms with van der Waals surface area (Å²) in [6, 6.07) is 18.9. The van der Waals surface area contributed by atoms with E-state index in [9.17, 15) is 14.4 Å². The molecule has 2 heterocycles. The van der Waals surface area contributed by atoms with Crippen LogP contribution >= 0.6 is 11.3 Å². The van der Waals surface area contributed by atoms with Gasteiger partial charge in [-0.05, 0) is 38.0 Å². The molecule has 3 N–H and O–H groups in total. The van der Waals surface area contributed by atoms with Crippen molar-refractivity contribution >= 4 is 34.1 Å². The van der Waals surface area contributed by atoms with Crippen LogP contribution in [0.2, 0.25) is 0 Å². The second-order valence-corrected chi connectivity index (χ2v) is 9.16. The highest BCUT2D eigenvalue weighted by Crippen LogP contribution is 2.35. The summed E-state index contributed by atoms with van der Waals surface area (Å²) >= 11 is 0.955. The molecule has 36 heavy (non-hydrogen) atoms. The quantitative estimate of drug-likeness (QED) is 0.324. The van der Waals surface area contributed by atoms with Crippen LogP contribution in [0.5, 0.6) is 0 Å². The summed E-state index contributed by atoms with van der Waals surface area (Å²) in [5, 5.41) is 7.80. The molecule has 0 bridgehead atoms. The van der Waals surface area contributed by atoms with Gasteiger partial charge in [-0.3, -0.25) is 9.59 Å². The number of aromatic nitrogens is 2. The second-order valence-electron chi connectivity index (χ2n) is 8.14. The molecule has 0 unspecified atom stereocenters. The fourth-order valence-electron chi connectivity index (χ4n) is 3.91. The number of hydrogen-bond donors (Lipinski definition) is 2. The number of hydrogen-bond acceptors (Lipinski definition) is 6. The van der Waals surface area contributed by atoms with Gasteiger partial charge in [-0.2, -0.15) is 5.10 Å². The summed E-state index contributed by atoms with van der Waals surface area (Å²) < 4.78 is 7.02. The smallest absolute Gasteiger partial charge is 0.341 e. The molecule has 0 atom stereocenters. The number of para-hydroxylation sites is 1. The van der Waals surface area contributed by atoms with Gasteiger partial charge in [-0.1, -0.05) is 55.5 Å². The van der Waals surface area contributed by atoms with Gasteiger partial charge < -0.3 is 15.8 Å². The minimum atomic E-state index is -0.680. The molecule has 2 amide bonds. The number of primary amides is 1. The summed E-state index contributed by atoms with van der Waals surface area (Å²) in [5.74, 6) is -1.76. The average molecular weight is 503 g/mol. The molecule has 0 spiro atoms. The third-order valence-corrected chi connectivity index (χ3v) is 6.85. The van der Waals surface area contributed by atoms with Gasteiger partial charge in [0.1, 0.15) is 10.7 Å². The zero-order chi connectivity index (χ0) is 25.8. The zero-order valence-corrected chi connectivity index (χ0v) is 21.0. The minimum Gasteiger partial charge on any atom is -0.462 e. The van der Waals surface area contributed by atoms with E-state index in [1.165, 1.54) is 0 Å². The summed E-state index contributed by atoms with van der Waals surface area (Å²) in [4.78, 5) is 38.7. The van der Waals surface area contributed by atoms with E-state index in [0.29, 0.717) is 28.9 Å². The number of thiophene rings is 1. The van der Waals surface area contributed by atoms with Crippen LogP contribution in [0.15, 0.2) is 60.7 Å². The summed E-state index contributed by atoms with van der Waals surface area (Å²) in [5.41, 5.74) is 9.07. The first-order valence-corrected chi connectivity index (χ1v) is 12.3. The van der Waals surface area contributed by atoms with Gasteiger partial charge in [0, 0.05) is 5.56 Å². The van der Waals surface area contributed by atoms with Crippen molar-refractivity contribution in [3.63, 3.8) is 0 Å². The largest absolute Gasteiger partial charge is 0.462 e. The number of anilines is 1. The minimum absolute atomic E-state index is 0.130. The lowest BCUT2D eigenvalue weighted by molar-refractivity contribution is 0.0506. The molecule has 2 aromatic carbocycles. The molecule has 0 aliphatic carbocycles. The number of carbonyl (C=O) groups is 3. The van der Waals surface area contributed by atoms with Crippen LogP contribution < -0.4 is 11.1 Å². The van der Waals surface area contributed by atoms with Crippen LogP contribution in [-0.2, 0) is 4.74 Å². The molecule has 8 nitrogen and oxygen atoms in total. The average Bonchev–Trinajstić information content (AvgIpc) is 3.40. The van der Waals surface area contributed by atoms with Crippen LogP contribution in [0.25, 0.3) is 16.9 Å². The first-order valence-electron chi connectivity index (χ1n) is 11.5. The number of ether oxygens (including phenoxy) is 1. The molecule has 2 aromatic heterocycles. The fraction of sp³-hybridized carbons (Fsp3) is 0.185. The van der Waals surface area contributed by atoms with Gasteiger partial charge in [0.25, 0.3) is 11.8 Å². The van der Waals surface area contributed by atoms with Gasteiger partial charge in [0.2, 0.25) is 0 Å². The van der Waals surface area contributed by atoms with Crippen molar-refractivity contribution in [1.29, 1.82) is 0 Å². The van der Waals surface area contributed by atoms with E-state index in [1.54, 1.807) is 11.6 Å². The number of nitrogens with one attached hydrogen (secondary N) is 1. The molecule has 0 aliphatic heterocycles. The van der Waals surface area contributed by atoms with E-state index in [-0.39, 0.29) is 22.0 Å². The Hall–Kier alpha value is -4.24. The highest BCUT2D eigenvalue weighted by Gasteiger charge is 2.29. The van der Waals surface area contributed by atoms with Crippen molar-refractivity contribution in [1.82, 2.24) is 9.78 Å². The molecule has 0 aliphatic rings. The Morgan fingerprint density at radius 1 is 1.00 bits per heavy atom. The highest BCUT2D eigenvalue weighted by molar-refractivity contribution is 7.18. The second kappa shape index (κ2) is 10.6. The van der Waals surface area contributed by atoms with Crippen LogP contribution in [0.4, 0.5) is 5.00 Å². The Morgan fingerprint density at radius 2 is 1.64 bits per heavy atom. The van der Waals surface area contributed by atoms with Crippen LogP contribution in [0, 0.1) is 13.8 Å². The van der Waals surface area contributed by atoms with Gasteiger partial charge in [0.15, 0.2) is 0 Å². The van der Waals surface area contributed by atoms with Crippen molar-refractivity contribution in [2.45, 2.75) is 27.2 Å². The SMILES string of the molecule is CCCOC(=O)c1c(NC(=O)c2c(-c3ccccc3)nn(-c3ccccc3)c2C)sc(C(N)=O)c1C. The van der Waals surface area contributed by atoms with E-state index in [4.69, 9.17) is 15.6 Å². The number of esters is 1. The number of carbonyl (C=O) groups excluding carboxylic acids is 3. The maximum atomic E-state index is 13.7. The standard InChI is InChI=1S/C27H26N4O4S/c1-4-15-35-27(34)20-16(2)23(24(28)32)36-26(20)29-25(33)21-17(3)31(19-13-9-6-10-14-19)30-22(21)18-11-7-5-8-12-18/h5-14H,4,15H2,1-3H3,(H2,28,32)(H,29,33). The van der Waals surface area contributed by atoms with Crippen molar-refractivity contribution in [3.8, 4) is 16.9 Å². The van der Waals surface area contributed by atoms with Gasteiger partial charge in [-0.15, -0.1) is 11.3 Å². The molecule has 4 rings (SSSR count). The highest BCUT2D eigenvalue weighted by atomic mass is 32.1. The number of rotatable bonds is 8. The maximum absolute atomic E-state index is 13.7. The van der Waals surface area contributed by atoms with Crippen LogP contribution in [0.3, 0.4) is 0 Å². The van der Waals surface area contributed by atoms with Crippen molar-refractivity contribution in [2.24, 2.45) is 5.73 Å². The molecule has 4 aromatic rings. The molecule has 0 fully saturated rings. The Bertz CT molecular complexity index is 1430. The van der Waals surface area contributed by atoms with Gasteiger partial charge in [-0.25, -0.2) is 9.48 Å². The summed E-state index contributed by atoms with van der Waals surface area (Å²) in [6.07, 6.45) is 0.637. The van der Waals surface area contributed by atoms with Crippen molar-refractivity contribution < 1.29 is 19.1 Å². The lowest BCUT2D eigenvalue weighted by atomic mass is 10.1. The van der Waals surface area contributed by atoms with E-state index in [0.717, 1.165) is 22.6 Å². The number of amides is 2. The Morgan fingerprint density at radius 3 is 2.25 bits per heavy atom. The predicted molar refractivity (Wildman–Crippen MR) is 140 cm³/mol. The molecular weight excluding hydrogens is 476 g/mol. The maximum Gasteiger partial charge on any atom is 0.341 e. The first-order chi connectivity index (χ1) is 17.3. The molecule has 9 heteroatoms. The Labute approximate surface area is 212 Å². The molecular formula is C27H26N4O4S. The Kier molecular flexibility index (Phi) is 7.30. The number of benzene rings is 2. The van der Waals surface area contributed by atoms with Crippen LogP contribution in [-0.4, -0.2) is 34.2 Å². The van der Waals surface area contributed by atoms with Gasteiger partial charge >= 0.3 is 5.97 Å². The zero-order valence-electron chi connectivity index (χ0n) is 20.2. The normalized spacial score (nSPS) is 10.8. The van der Waals surface area contributed by atoms with E-state index in [2.05, 4.69) is 5.32 Å². The van der Waals surface area contributed by atoms with E-state index >= 15 is 0 Å². The third-order valence-electron chi connectivity index (χ3n) is 5.63. The molecule has 0 saturated carbocycles. The van der Waals surface area contributed by atoms with Crippen molar-refractivity contribution in [3.05, 3.63) is 87.9 Å². The van der Waals surface area contributed by atoms with Crippen molar-refractivity contribution in [2.75, 3.05) is 11.9 Å². The Balaban J connectivity index is 1.81. The molecule has 0 radical (unpaired) electrons. The van der Waals surface area contributed by atoms with E-state index < -0.39 is 17.8 Å². The molecule has 184 valence electrons. The number of nitrogens with zero attached hydrogens (tertiary/aromatic N) is 2. The lowest BCUT2D eigenvalue weighted by Gasteiger charge is -2.09. The molecule has 0 saturated heterocycles. The predicted octanol–water partition coefficient (Wildman–Crippen LogP) is 5.14. The fourth-order valence-corrected chi connectivity index (χ4v) is 4.95. The first kappa shape index (κ1) is 24.9. The summed E-state index contributed by atoms with van der Waals surface area (Å²) in [7, 11) is 0.